The van der Waals surface area contributed by atoms with Gasteiger partial charge in [-0.05, 0) is 38.7 Å². The first-order valence-corrected chi connectivity index (χ1v) is 11.0. The topological polar surface area (TPSA) is 95.9 Å². The number of aromatic nitrogens is 2. The summed E-state index contributed by atoms with van der Waals surface area (Å²) in [5.74, 6) is 0.234. The molecular formula is C20H28N4O4S. The second-order valence-corrected chi connectivity index (χ2v) is 9.65. The zero-order chi connectivity index (χ0) is 21.2. The minimum atomic E-state index is -3.83. The van der Waals surface area contributed by atoms with Crippen LogP contribution in [-0.4, -0.2) is 78.6 Å². The summed E-state index contributed by atoms with van der Waals surface area (Å²) in [5, 5.41) is 9.66. The van der Waals surface area contributed by atoms with Gasteiger partial charge in [-0.15, -0.1) is 0 Å². The summed E-state index contributed by atoms with van der Waals surface area (Å²) in [5.41, 5.74) is 1.55. The van der Waals surface area contributed by atoms with Gasteiger partial charge in [-0.1, -0.05) is 13.0 Å². The summed E-state index contributed by atoms with van der Waals surface area (Å²) in [7, 11) is 0.0791. The first-order valence-electron chi connectivity index (χ1n) is 9.57. The third-order valence-electron chi connectivity index (χ3n) is 5.11. The number of nitrogens with zero attached hydrogens (tertiary/aromatic N) is 4. The molecule has 1 aromatic carbocycles. The Labute approximate surface area is 172 Å². The van der Waals surface area contributed by atoms with Gasteiger partial charge in [0.1, 0.15) is 23.1 Å². The molecule has 0 fully saturated rings. The number of hydrogen-bond donors (Lipinski definition) is 1. The molecule has 0 saturated heterocycles. The maximum Gasteiger partial charge on any atom is 0.247 e. The number of aliphatic hydroxyl groups excluding tert-OH is 1. The van der Waals surface area contributed by atoms with Crippen LogP contribution in [0.3, 0.4) is 0 Å². The van der Waals surface area contributed by atoms with Gasteiger partial charge in [-0.3, -0.25) is 0 Å². The van der Waals surface area contributed by atoms with Gasteiger partial charge in [0.15, 0.2) is 0 Å². The zero-order valence-electron chi connectivity index (χ0n) is 17.2. The summed E-state index contributed by atoms with van der Waals surface area (Å²) >= 11 is 0. The molecule has 0 bridgehead atoms. The van der Waals surface area contributed by atoms with Gasteiger partial charge in [0.25, 0.3) is 0 Å². The number of hydrogen-bond acceptors (Lipinski definition) is 7. The Morgan fingerprint density at radius 3 is 2.59 bits per heavy atom. The van der Waals surface area contributed by atoms with Crippen LogP contribution in [0.2, 0.25) is 0 Å². The van der Waals surface area contributed by atoms with Crippen molar-refractivity contribution in [3.8, 4) is 16.9 Å². The van der Waals surface area contributed by atoms with E-state index in [1.54, 1.807) is 37.5 Å². The number of benzene rings is 1. The van der Waals surface area contributed by atoms with Crippen molar-refractivity contribution in [3.63, 3.8) is 0 Å². The van der Waals surface area contributed by atoms with E-state index in [-0.39, 0.29) is 30.1 Å². The molecule has 2 aromatic rings. The zero-order valence-corrected chi connectivity index (χ0v) is 18.0. The largest absolute Gasteiger partial charge is 0.487 e. The summed E-state index contributed by atoms with van der Waals surface area (Å²) in [6, 6.07) is 4.49. The minimum Gasteiger partial charge on any atom is -0.487 e. The van der Waals surface area contributed by atoms with Crippen molar-refractivity contribution in [2.45, 2.75) is 30.9 Å². The average Bonchev–Trinajstić information content (AvgIpc) is 2.70. The van der Waals surface area contributed by atoms with Crippen molar-refractivity contribution in [2.75, 3.05) is 33.8 Å². The molecule has 8 nitrogen and oxygen atoms in total. The normalized spacial score (nSPS) is 23.0. The third-order valence-corrected chi connectivity index (χ3v) is 7.13. The van der Waals surface area contributed by atoms with Crippen molar-refractivity contribution >= 4 is 10.0 Å². The van der Waals surface area contributed by atoms with Gasteiger partial charge in [0.05, 0.1) is 6.61 Å². The van der Waals surface area contributed by atoms with Crippen LogP contribution >= 0.6 is 0 Å². The quantitative estimate of drug-likeness (QED) is 0.783. The Bertz CT molecular complexity index is 937. The van der Waals surface area contributed by atoms with Crippen LogP contribution in [0.1, 0.15) is 13.8 Å². The van der Waals surface area contributed by atoms with Crippen molar-refractivity contribution in [1.82, 2.24) is 19.2 Å². The lowest BCUT2D eigenvalue weighted by Crippen LogP contribution is -2.49. The lowest BCUT2D eigenvalue weighted by atomic mass is 10.0. The Morgan fingerprint density at radius 2 is 1.97 bits per heavy atom. The highest BCUT2D eigenvalue weighted by Crippen LogP contribution is 2.36. The molecule has 0 unspecified atom stereocenters. The van der Waals surface area contributed by atoms with E-state index in [2.05, 4.69) is 9.97 Å². The smallest absolute Gasteiger partial charge is 0.247 e. The van der Waals surface area contributed by atoms with Crippen molar-refractivity contribution in [3.05, 3.63) is 36.9 Å². The molecule has 9 heteroatoms. The second kappa shape index (κ2) is 8.74. The highest BCUT2D eigenvalue weighted by atomic mass is 32.2. The van der Waals surface area contributed by atoms with E-state index in [1.807, 2.05) is 25.9 Å². The van der Waals surface area contributed by atoms with Gasteiger partial charge >= 0.3 is 0 Å². The first kappa shape index (κ1) is 21.6. The predicted molar refractivity (Wildman–Crippen MR) is 110 cm³/mol. The molecule has 2 heterocycles. The molecule has 3 rings (SSSR count). The summed E-state index contributed by atoms with van der Waals surface area (Å²) in [6.07, 6.45) is 4.58. The molecule has 0 aliphatic carbocycles. The van der Waals surface area contributed by atoms with Gasteiger partial charge in [-0.2, -0.15) is 4.31 Å². The maximum absolute atomic E-state index is 13.4. The molecule has 0 saturated carbocycles. The summed E-state index contributed by atoms with van der Waals surface area (Å²) < 4.78 is 34.4. The van der Waals surface area contributed by atoms with E-state index < -0.39 is 16.1 Å². The van der Waals surface area contributed by atoms with Crippen molar-refractivity contribution in [1.29, 1.82) is 0 Å². The molecule has 1 aliphatic rings. The van der Waals surface area contributed by atoms with E-state index in [0.717, 1.165) is 11.1 Å². The minimum absolute atomic E-state index is 0.0713. The molecule has 1 N–H and O–H groups in total. The Morgan fingerprint density at radius 1 is 1.28 bits per heavy atom. The number of aliphatic hydroxyl groups is 1. The molecule has 0 radical (unpaired) electrons. The molecule has 158 valence electrons. The maximum atomic E-state index is 13.4. The molecular weight excluding hydrogens is 392 g/mol. The lowest BCUT2D eigenvalue weighted by Gasteiger charge is -2.37. The van der Waals surface area contributed by atoms with Gasteiger partial charge in [0, 0.05) is 43.0 Å². The van der Waals surface area contributed by atoms with Crippen LogP contribution in [0.15, 0.2) is 41.8 Å². The van der Waals surface area contributed by atoms with Crippen LogP contribution in [0.4, 0.5) is 0 Å². The Balaban J connectivity index is 2.14. The molecule has 0 amide bonds. The predicted octanol–water partition coefficient (Wildman–Crippen LogP) is 1.47. The van der Waals surface area contributed by atoms with Crippen molar-refractivity contribution in [2.24, 2.45) is 5.92 Å². The number of rotatable bonds is 5. The van der Waals surface area contributed by atoms with Gasteiger partial charge in [-0.25, -0.2) is 18.4 Å². The van der Waals surface area contributed by atoms with E-state index >= 15 is 0 Å². The number of likely N-dealkylation sites (N-methyl/N-ethyl adjacent to an activating group) is 1. The molecule has 0 spiro atoms. The van der Waals surface area contributed by atoms with Crippen LogP contribution in [0.5, 0.6) is 5.75 Å². The van der Waals surface area contributed by atoms with Gasteiger partial charge in [0.2, 0.25) is 10.0 Å². The number of ether oxygens (including phenoxy) is 1. The van der Waals surface area contributed by atoms with E-state index in [9.17, 15) is 13.5 Å². The highest BCUT2D eigenvalue weighted by molar-refractivity contribution is 7.89. The fraction of sp³-hybridized carbons (Fsp3) is 0.500. The van der Waals surface area contributed by atoms with Gasteiger partial charge < -0.3 is 14.7 Å². The summed E-state index contributed by atoms with van der Waals surface area (Å²) in [4.78, 5) is 10.2. The molecule has 1 aromatic heterocycles. The monoisotopic (exact) mass is 420 g/mol. The average molecular weight is 421 g/mol. The summed E-state index contributed by atoms with van der Waals surface area (Å²) in [6.45, 7) is 4.35. The fourth-order valence-electron chi connectivity index (χ4n) is 3.43. The number of sulfonamides is 1. The molecule has 3 atom stereocenters. The van der Waals surface area contributed by atoms with E-state index in [0.29, 0.717) is 12.3 Å². The van der Waals surface area contributed by atoms with Crippen LogP contribution in [0.25, 0.3) is 11.1 Å². The lowest BCUT2D eigenvalue weighted by molar-refractivity contribution is 0.0813. The van der Waals surface area contributed by atoms with Crippen LogP contribution in [0, 0.1) is 5.92 Å². The SMILES string of the molecule is C[C@H]1CN([C@@H](C)CO)S(=O)(=O)c2ccc(-c3cncnc3)cc2O[C@H]1CN(C)C. The Kier molecular flexibility index (Phi) is 6.52. The number of fused-ring (bicyclic) bond motifs is 1. The molecule has 1 aliphatic heterocycles. The van der Waals surface area contributed by atoms with E-state index in [1.165, 1.54) is 10.6 Å². The first-order chi connectivity index (χ1) is 13.7. The van der Waals surface area contributed by atoms with Crippen LogP contribution in [-0.2, 0) is 10.0 Å². The fourth-order valence-corrected chi connectivity index (χ4v) is 5.26. The third kappa shape index (κ3) is 4.58. The van der Waals surface area contributed by atoms with Crippen LogP contribution < -0.4 is 4.74 Å². The highest BCUT2D eigenvalue weighted by Gasteiger charge is 2.37. The standard InChI is InChI=1S/C20H28N4O4S/c1-14-10-24(15(2)12-25)29(26,27)20-6-5-16(17-8-21-13-22-9-17)7-18(20)28-19(14)11-23(3)4/h5-9,13-15,19,25H,10-12H2,1-4H3/t14-,15-,19-/m0/s1. The second-order valence-electron chi connectivity index (χ2n) is 7.79. The Hall–Kier alpha value is -2.07. The molecule has 29 heavy (non-hydrogen) atoms. The van der Waals surface area contributed by atoms with E-state index in [4.69, 9.17) is 4.74 Å². The van der Waals surface area contributed by atoms with Crippen molar-refractivity contribution < 1.29 is 18.3 Å².